The molecule has 3 nitrogen and oxygen atoms in total. The van der Waals surface area contributed by atoms with Crippen molar-refractivity contribution in [2.45, 2.75) is 13.3 Å². The van der Waals surface area contributed by atoms with Gasteiger partial charge in [0.15, 0.2) is 0 Å². The fraction of sp³-hybridized carbons (Fsp3) is 0.389. The number of rotatable bonds is 0. The molecule has 4 rings (SSSR count). The van der Waals surface area contributed by atoms with Crippen LogP contribution in [0.15, 0.2) is 34.6 Å². The minimum absolute atomic E-state index is 1.00. The molecule has 0 bridgehead atoms. The van der Waals surface area contributed by atoms with Crippen molar-refractivity contribution in [1.82, 2.24) is 9.80 Å². The van der Waals surface area contributed by atoms with E-state index >= 15 is 0 Å². The molecule has 0 atom stereocenters. The Labute approximate surface area is 135 Å². The monoisotopic (exact) mass is 311 g/mol. The molecule has 0 unspecified atom stereocenters. The van der Waals surface area contributed by atoms with E-state index < -0.39 is 0 Å². The summed E-state index contributed by atoms with van der Waals surface area (Å²) in [4.78, 5) is 11.4. The summed E-state index contributed by atoms with van der Waals surface area (Å²) < 4.78 is 0. The largest absolute Gasteiger partial charge is 0.354 e. The molecule has 0 amide bonds. The van der Waals surface area contributed by atoms with Crippen LogP contribution in [0, 0.1) is 6.92 Å². The van der Waals surface area contributed by atoms with Gasteiger partial charge in [-0.15, -0.1) is 11.3 Å². The smallest absolute Gasteiger partial charge is 0.137 e. The lowest BCUT2D eigenvalue weighted by atomic mass is 10.1. The third-order valence-corrected chi connectivity index (χ3v) is 5.53. The maximum atomic E-state index is 5.09. The van der Waals surface area contributed by atoms with Gasteiger partial charge in [0, 0.05) is 43.0 Å². The molecule has 2 aliphatic heterocycles. The SMILES string of the molecule is Cc1ccc2c(c1)N=C(N1CCN(C)CC1)c1ccsc1C2. The number of hydrogen-bond acceptors (Lipinski definition) is 4. The Morgan fingerprint density at radius 1 is 1.09 bits per heavy atom. The van der Waals surface area contributed by atoms with Crippen LogP contribution in [0.4, 0.5) is 5.69 Å². The summed E-state index contributed by atoms with van der Waals surface area (Å²) in [6, 6.07) is 8.91. The maximum absolute atomic E-state index is 5.09. The van der Waals surface area contributed by atoms with Crippen LogP contribution in [0.5, 0.6) is 0 Å². The van der Waals surface area contributed by atoms with Gasteiger partial charge in [-0.2, -0.15) is 0 Å². The third kappa shape index (κ3) is 2.46. The van der Waals surface area contributed by atoms with Gasteiger partial charge in [0.1, 0.15) is 5.84 Å². The predicted molar refractivity (Wildman–Crippen MR) is 93.6 cm³/mol. The standard InChI is InChI=1S/C18H21N3S/c1-13-3-4-14-12-17-15(5-10-22-17)18(19-16(14)11-13)21-8-6-20(2)7-9-21/h3-5,10-11H,6-9,12H2,1-2H3. The molecule has 0 spiro atoms. The normalized spacial score (nSPS) is 18.5. The number of hydrogen-bond donors (Lipinski definition) is 0. The minimum Gasteiger partial charge on any atom is -0.354 e. The second kappa shape index (κ2) is 5.52. The highest BCUT2D eigenvalue weighted by molar-refractivity contribution is 7.10. The minimum atomic E-state index is 1.00. The van der Waals surface area contributed by atoms with Crippen molar-refractivity contribution >= 4 is 22.9 Å². The van der Waals surface area contributed by atoms with Crippen molar-refractivity contribution in [1.29, 1.82) is 0 Å². The highest BCUT2D eigenvalue weighted by Crippen LogP contribution is 2.33. The number of amidine groups is 1. The quantitative estimate of drug-likeness (QED) is 0.743. The van der Waals surface area contributed by atoms with E-state index in [0.29, 0.717) is 0 Å². The number of nitrogens with zero attached hydrogens (tertiary/aromatic N) is 3. The van der Waals surface area contributed by atoms with Gasteiger partial charge in [0.2, 0.25) is 0 Å². The van der Waals surface area contributed by atoms with Crippen LogP contribution in [-0.4, -0.2) is 48.9 Å². The Bertz CT molecular complexity index is 724. The second-order valence-electron chi connectivity index (χ2n) is 6.29. The number of thiophene rings is 1. The average molecular weight is 311 g/mol. The van der Waals surface area contributed by atoms with Crippen LogP contribution < -0.4 is 0 Å². The molecule has 0 radical (unpaired) electrons. The molecule has 1 aromatic carbocycles. The third-order valence-electron chi connectivity index (χ3n) is 4.61. The van der Waals surface area contributed by atoms with E-state index in [9.17, 15) is 0 Å². The van der Waals surface area contributed by atoms with Gasteiger partial charge in [-0.05, 0) is 42.6 Å². The van der Waals surface area contributed by atoms with Crippen LogP contribution in [0.2, 0.25) is 0 Å². The topological polar surface area (TPSA) is 18.8 Å². The summed E-state index contributed by atoms with van der Waals surface area (Å²) in [5.41, 5.74) is 5.12. The van der Waals surface area contributed by atoms with Crippen molar-refractivity contribution in [2.75, 3.05) is 33.2 Å². The van der Waals surface area contributed by atoms with E-state index in [-0.39, 0.29) is 0 Å². The summed E-state index contributed by atoms with van der Waals surface area (Å²) in [5.74, 6) is 1.17. The van der Waals surface area contributed by atoms with E-state index in [0.717, 1.165) is 38.3 Å². The summed E-state index contributed by atoms with van der Waals surface area (Å²) in [6.07, 6.45) is 1.00. The Kier molecular flexibility index (Phi) is 3.51. The number of fused-ring (bicyclic) bond motifs is 2. The lowest BCUT2D eigenvalue weighted by Crippen LogP contribution is -2.47. The molecular weight excluding hydrogens is 290 g/mol. The summed E-state index contributed by atoms with van der Waals surface area (Å²) in [5, 5.41) is 2.20. The molecule has 3 heterocycles. The predicted octanol–water partition coefficient (Wildman–Crippen LogP) is 3.29. The van der Waals surface area contributed by atoms with Crippen molar-refractivity contribution in [2.24, 2.45) is 4.99 Å². The van der Waals surface area contributed by atoms with E-state index in [1.807, 2.05) is 11.3 Å². The first-order chi connectivity index (χ1) is 10.7. The van der Waals surface area contributed by atoms with E-state index in [2.05, 4.69) is 53.4 Å². The van der Waals surface area contributed by atoms with Crippen molar-refractivity contribution in [3.8, 4) is 0 Å². The number of aliphatic imine (C=N–C) groups is 1. The maximum Gasteiger partial charge on any atom is 0.137 e. The van der Waals surface area contributed by atoms with Gasteiger partial charge in [-0.1, -0.05) is 12.1 Å². The van der Waals surface area contributed by atoms with E-state index in [1.165, 1.54) is 27.4 Å². The number of likely N-dealkylation sites (N-methyl/N-ethyl adjacent to an activating group) is 1. The molecule has 2 aromatic rings. The Morgan fingerprint density at radius 2 is 1.91 bits per heavy atom. The molecule has 0 aliphatic carbocycles. The van der Waals surface area contributed by atoms with E-state index in [4.69, 9.17) is 4.99 Å². The zero-order valence-electron chi connectivity index (χ0n) is 13.2. The lowest BCUT2D eigenvalue weighted by Gasteiger charge is -2.34. The zero-order valence-corrected chi connectivity index (χ0v) is 14.0. The number of piperazine rings is 1. The molecule has 1 aromatic heterocycles. The Hall–Kier alpha value is -1.65. The fourth-order valence-electron chi connectivity index (χ4n) is 3.21. The molecule has 1 fully saturated rings. The molecule has 4 heteroatoms. The second-order valence-corrected chi connectivity index (χ2v) is 7.29. The van der Waals surface area contributed by atoms with Crippen molar-refractivity contribution < 1.29 is 0 Å². The number of benzene rings is 1. The summed E-state index contributed by atoms with van der Waals surface area (Å²) >= 11 is 1.86. The van der Waals surface area contributed by atoms with Crippen LogP contribution in [0.1, 0.15) is 21.6 Å². The zero-order chi connectivity index (χ0) is 15.1. The van der Waals surface area contributed by atoms with Gasteiger partial charge in [0.25, 0.3) is 0 Å². The van der Waals surface area contributed by atoms with Crippen molar-refractivity contribution in [3.05, 3.63) is 51.2 Å². The molecule has 22 heavy (non-hydrogen) atoms. The highest BCUT2D eigenvalue weighted by atomic mass is 32.1. The van der Waals surface area contributed by atoms with Crippen LogP contribution in [0.3, 0.4) is 0 Å². The summed E-state index contributed by atoms with van der Waals surface area (Å²) in [6.45, 7) is 6.49. The van der Waals surface area contributed by atoms with Gasteiger partial charge >= 0.3 is 0 Å². The molecular formula is C18H21N3S. The lowest BCUT2D eigenvalue weighted by molar-refractivity contribution is 0.216. The van der Waals surface area contributed by atoms with Crippen LogP contribution >= 0.6 is 11.3 Å². The van der Waals surface area contributed by atoms with E-state index in [1.54, 1.807) is 0 Å². The molecule has 2 aliphatic rings. The summed E-state index contributed by atoms with van der Waals surface area (Å²) in [7, 11) is 2.20. The highest BCUT2D eigenvalue weighted by Gasteiger charge is 2.24. The number of aryl methyl sites for hydroxylation is 1. The van der Waals surface area contributed by atoms with Gasteiger partial charge < -0.3 is 9.80 Å². The first-order valence-corrected chi connectivity index (χ1v) is 8.77. The van der Waals surface area contributed by atoms with Crippen molar-refractivity contribution in [3.63, 3.8) is 0 Å². The molecule has 1 saturated heterocycles. The first kappa shape index (κ1) is 14.0. The first-order valence-electron chi connectivity index (χ1n) is 7.89. The van der Waals surface area contributed by atoms with Gasteiger partial charge in [-0.3, -0.25) is 0 Å². The molecule has 114 valence electrons. The fourth-order valence-corrected chi connectivity index (χ4v) is 4.10. The van der Waals surface area contributed by atoms with Crippen LogP contribution in [-0.2, 0) is 6.42 Å². The average Bonchev–Trinajstić information content (AvgIpc) is 2.91. The molecule has 0 N–H and O–H groups in total. The van der Waals surface area contributed by atoms with Gasteiger partial charge in [-0.25, -0.2) is 4.99 Å². The van der Waals surface area contributed by atoms with Crippen LogP contribution in [0.25, 0.3) is 0 Å². The molecule has 0 saturated carbocycles. The Morgan fingerprint density at radius 3 is 2.73 bits per heavy atom. The van der Waals surface area contributed by atoms with Gasteiger partial charge in [0.05, 0.1) is 5.69 Å². The Balaban J connectivity index is 1.80.